The van der Waals surface area contributed by atoms with Crippen LogP contribution in [0, 0.1) is 0 Å². The zero-order valence-electron chi connectivity index (χ0n) is 14.3. The largest absolute Gasteiger partial charge is 0.294 e. The summed E-state index contributed by atoms with van der Waals surface area (Å²) in [6, 6.07) is 0. The lowest BCUT2D eigenvalue weighted by Gasteiger charge is -2.10. The topological polar surface area (TPSA) is 17.3 Å². The quantitative estimate of drug-likeness (QED) is 0.367. The zero-order chi connectivity index (χ0) is 17.9. The highest BCUT2D eigenvalue weighted by atomic mass is 15.1. The van der Waals surface area contributed by atoms with E-state index in [2.05, 4.69) is 37.9 Å². The summed E-state index contributed by atoms with van der Waals surface area (Å²) >= 11 is 0. The van der Waals surface area contributed by atoms with Crippen LogP contribution in [0.5, 0.6) is 0 Å². The van der Waals surface area contributed by atoms with Gasteiger partial charge in [-0.2, -0.15) is 0 Å². The molecule has 0 N–H and O–H groups in total. The van der Waals surface area contributed by atoms with Gasteiger partial charge in [0.05, 0.1) is 5.69 Å². The second kappa shape index (κ2) is 9.80. The minimum absolute atomic E-state index is 0.759. The molecule has 2 heteroatoms. The average Bonchev–Trinajstić information content (AvgIpc) is 2.89. The van der Waals surface area contributed by atoms with E-state index >= 15 is 0 Å². The van der Waals surface area contributed by atoms with Crippen LogP contribution in [-0.2, 0) is 0 Å². The Bertz CT molecular complexity index is 762. The van der Waals surface area contributed by atoms with Crippen LogP contribution in [0.1, 0.15) is 23.7 Å². The SMILES string of the molecule is C=C/C=C\c1c(C=C)c(/N=C\C=C)n(C(/C=C\C)=C/C=C)c1C=C. The standard InChI is InChI=1S/C22H24N2/c1-7-13-16-20-19(11-5)22(23-17-10-4)24(21(20)12-6)18(14-8-2)15-9-3/h7-17H,1-2,4-6H2,3H3/b15-9-,16-13-,18-14+,23-17-. The molecule has 0 amide bonds. The Hall–Kier alpha value is -3.13. The molecule has 24 heavy (non-hydrogen) atoms. The van der Waals surface area contributed by atoms with Crippen LogP contribution in [-0.4, -0.2) is 10.8 Å². The molecule has 0 aromatic carbocycles. The van der Waals surface area contributed by atoms with Crippen molar-refractivity contribution >= 4 is 36.0 Å². The van der Waals surface area contributed by atoms with Crippen LogP contribution >= 0.6 is 0 Å². The molecule has 0 saturated carbocycles. The van der Waals surface area contributed by atoms with Crippen LogP contribution in [0.3, 0.4) is 0 Å². The number of hydrogen-bond donors (Lipinski definition) is 0. The minimum atomic E-state index is 0.759. The number of hydrogen-bond acceptors (Lipinski definition) is 1. The predicted molar refractivity (Wildman–Crippen MR) is 111 cm³/mol. The van der Waals surface area contributed by atoms with Crippen molar-refractivity contribution in [2.75, 3.05) is 0 Å². The molecule has 0 aliphatic carbocycles. The first kappa shape index (κ1) is 18.9. The van der Waals surface area contributed by atoms with E-state index in [-0.39, 0.29) is 0 Å². The molecule has 1 aromatic rings. The van der Waals surface area contributed by atoms with Crippen molar-refractivity contribution in [3.63, 3.8) is 0 Å². The molecule has 0 saturated heterocycles. The maximum atomic E-state index is 4.55. The molecule has 1 heterocycles. The lowest BCUT2D eigenvalue weighted by molar-refractivity contribution is 1.09. The first-order valence-electron chi connectivity index (χ1n) is 7.63. The summed E-state index contributed by atoms with van der Waals surface area (Å²) in [4.78, 5) is 4.55. The van der Waals surface area contributed by atoms with E-state index in [0.717, 1.165) is 28.3 Å². The Morgan fingerprint density at radius 3 is 2.21 bits per heavy atom. The molecule has 1 rings (SSSR count). The molecule has 0 atom stereocenters. The maximum Gasteiger partial charge on any atom is 0.145 e. The monoisotopic (exact) mass is 316 g/mol. The first-order chi connectivity index (χ1) is 11.7. The van der Waals surface area contributed by atoms with Gasteiger partial charge in [0, 0.05) is 23.0 Å². The number of aliphatic imine (C=N–C) groups is 1. The highest BCUT2D eigenvalue weighted by Crippen LogP contribution is 2.36. The fourth-order valence-corrected chi connectivity index (χ4v) is 2.36. The summed E-state index contributed by atoms with van der Waals surface area (Å²) in [5.41, 5.74) is 3.75. The Morgan fingerprint density at radius 2 is 1.71 bits per heavy atom. The highest BCUT2D eigenvalue weighted by Gasteiger charge is 2.18. The van der Waals surface area contributed by atoms with Crippen molar-refractivity contribution < 1.29 is 0 Å². The van der Waals surface area contributed by atoms with E-state index in [9.17, 15) is 0 Å². The van der Waals surface area contributed by atoms with Gasteiger partial charge < -0.3 is 0 Å². The Labute approximate surface area is 145 Å². The summed E-state index contributed by atoms with van der Waals surface area (Å²) in [7, 11) is 0. The molecule has 0 bridgehead atoms. The molecule has 0 radical (unpaired) electrons. The van der Waals surface area contributed by atoms with Gasteiger partial charge in [0.1, 0.15) is 5.82 Å². The van der Waals surface area contributed by atoms with Crippen LogP contribution < -0.4 is 0 Å². The van der Waals surface area contributed by atoms with Crippen molar-refractivity contribution in [2.45, 2.75) is 6.92 Å². The van der Waals surface area contributed by atoms with Crippen molar-refractivity contribution in [1.82, 2.24) is 4.57 Å². The Morgan fingerprint density at radius 1 is 0.958 bits per heavy atom. The second-order valence-electron chi connectivity index (χ2n) is 4.72. The first-order valence-corrected chi connectivity index (χ1v) is 7.63. The van der Waals surface area contributed by atoms with Crippen molar-refractivity contribution in [3.05, 3.63) is 92.2 Å². The molecule has 0 unspecified atom stereocenters. The molecule has 0 fully saturated rings. The second-order valence-corrected chi connectivity index (χ2v) is 4.72. The van der Waals surface area contributed by atoms with Crippen LogP contribution in [0.4, 0.5) is 5.82 Å². The Balaban J connectivity index is 3.98. The molecule has 122 valence electrons. The van der Waals surface area contributed by atoms with E-state index in [0.29, 0.717) is 0 Å². The van der Waals surface area contributed by atoms with E-state index in [1.54, 1.807) is 30.5 Å². The van der Waals surface area contributed by atoms with Gasteiger partial charge >= 0.3 is 0 Å². The third-order valence-electron chi connectivity index (χ3n) is 3.24. The smallest absolute Gasteiger partial charge is 0.145 e. The summed E-state index contributed by atoms with van der Waals surface area (Å²) in [6.07, 6.45) is 20.1. The highest BCUT2D eigenvalue weighted by molar-refractivity contribution is 5.86. The van der Waals surface area contributed by atoms with Gasteiger partial charge in [0.2, 0.25) is 0 Å². The Kier molecular flexibility index (Phi) is 7.72. The van der Waals surface area contributed by atoms with Gasteiger partial charge in [-0.1, -0.05) is 75.4 Å². The molecular formula is C22H24N2. The number of rotatable bonds is 9. The predicted octanol–water partition coefficient (Wildman–Crippen LogP) is 6.46. The van der Waals surface area contributed by atoms with E-state index < -0.39 is 0 Å². The number of allylic oxidation sites excluding steroid dienone is 8. The van der Waals surface area contributed by atoms with Crippen molar-refractivity contribution in [3.8, 4) is 0 Å². The maximum absolute atomic E-state index is 4.55. The molecule has 0 aliphatic heterocycles. The van der Waals surface area contributed by atoms with Gasteiger partial charge in [-0.25, -0.2) is 4.99 Å². The van der Waals surface area contributed by atoms with Gasteiger partial charge in [-0.3, -0.25) is 4.57 Å². The summed E-state index contributed by atoms with van der Waals surface area (Å²) in [5, 5.41) is 0. The lowest BCUT2D eigenvalue weighted by Crippen LogP contribution is -1.97. The van der Waals surface area contributed by atoms with Gasteiger partial charge in [-0.05, 0) is 25.2 Å². The van der Waals surface area contributed by atoms with E-state index in [1.165, 1.54) is 0 Å². The van der Waals surface area contributed by atoms with Gasteiger partial charge in [0.15, 0.2) is 0 Å². The normalized spacial score (nSPS) is 12.1. The average molecular weight is 316 g/mol. The van der Waals surface area contributed by atoms with Gasteiger partial charge in [-0.15, -0.1) is 0 Å². The fourth-order valence-electron chi connectivity index (χ4n) is 2.36. The summed E-state index contributed by atoms with van der Waals surface area (Å²) < 4.78 is 2.02. The molecule has 2 nitrogen and oxygen atoms in total. The van der Waals surface area contributed by atoms with Crippen LogP contribution in [0.25, 0.3) is 23.9 Å². The van der Waals surface area contributed by atoms with Crippen molar-refractivity contribution in [1.29, 1.82) is 0 Å². The van der Waals surface area contributed by atoms with Crippen LogP contribution in [0.2, 0.25) is 0 Å². The van der Waals surface area contributed by atoms with E-state index in [4.69, 9.17) is 0 Å². The van der Waals surface area contributed by atoms with Crippen LogP contribution in [0.15, 0.2) is 80.4 Å². The lowest BCUT2D eigenvalue weighted by atomic mass is 10.1. The third-order valence-corrected chi connectivity index (χ3v) is 3.24. The van der Waals surface area contributed by atoms with Gasteiger partial charge in [0.25, 0.3) is 0 Å². The molecule has 0 aliphatic rings. The van der Waals surface area contributed by atoms with Crippen molar-refractivity contribution in [2.24, 2.45) is 4.99 Å². The molecule has 0 spiro atoms. The molecule has 1 aromatic heterocycles. The summed E-state index contributed by atoms with van der Waals surface area (Å²) in [6.45, 7) is 21.1. The summed E-state index contributed by atoms with van der Waals surface area (Å²) in [5.74, 6) is 0.759. The zero-order valence-corrected chi connectivity index (χ0v) is 14.3. The molecular weight excluding hydrogens is 292 g/mol. The fraction of sp³-hybridized carbons (Fsp3) is 0.0455. The third kappa shape index (κ3) is 3.99. The number of nitrogens with zero attached hydrogens (tertiary/aromatic N) is 2. The minimum Gasteiger partial charge on any atom is -0.294 e. The number of aromatic nitrogens is 1. The van der Waals surface area contributed by atoms with E-state index in [1.807, 2.05) is 47.9 Å².